The van der Waals surface area contributed by atoms with Crippen LogP contribution in [0.3, 0.4) is 0 Å². The normalized spacial score (nSPS) is 14.0. The molecule has 3 aromatic heterocycles. The smallest absolute Gasteiger partial charge is 0.326 e. The van der Waals surface area contributed by atoms with Gasteiger partial charge in [-0.3, -0.25) is 14.4 Å². The third-order valence-electron chi connectivity index (χ3n) is 7.24. The van der Waals surface area contributed by atoms with Crippen molar-refractivity contribution < 1.29 is 24.3 Å². The van der Waals surface area contributed by atoms with Crippen molar-refractivity contribution in [2.24, 2.45) is 11.5 Å². The van der Waals surface area contributed by atoms with Crippen molar-refractivity contribution in [3.05, 3.63) is 72.5 Å². The van der Waals surface area contributed by atoms with Gasteiger partial charge in [-0.1, -0.05) is 18.2 Å². The summed E-state index contributed by atoms with van der Waals surface area (Å²) in [6.45, 7) is 0.397. The van der Waals surface area contributed by atoms with Crippen molar-refractivity contribution in [3.8, 4) is 0 Å². The van der Waals surface area contributed by atoms with E-state index in [-0.39, 0.29) is 25.7 Å². The van der Waals surface area contributed by atoms with Gasteiger partial charge in [0.05, 0.1) is 18.7 Å². The lowest BCUT2D eigenvalue weighted by atomic mass is 10.0. The van der Waals surface area contributed by atoms with Gasteiger partial charge in [0.15, 0.2) is 0 Å². The van der Waals surface area contributed by atoms with Gasteiger partial charge in [0.2, 0.25) is 17.7 Å². The molecule has 4 atom stereocenters. The van der Waals surface area contributed by atoms with Gasteiger partial charge in [0.1, 0.15) is 18.1 Å². The molecule has 0 fully saturated rings. The van der Waals surface area contributed by atoms with Gasteiger partial charge in [-0.15, -0.1) is 0 Å². The lowest BCUT2D eigenvalue weighted by molar-refractivity contribution is -0.142. The topological polar surface area (TPSA) is 250 Å². The number of nitrogens with two attached hydrogens (primary N) is 2. The number of para-hydroxylation sites is 1. The molecule has 0 bridgehead atoms. The molecule has 0 radical (unpaired) electrons. The number of nitrogens with zero attached hydrogens (tertiary/aromatic N) is 2. The Hall–Kier alpha value is -5.02. The zero-order valence-electron chi connectivity index (χ0n) is 24.1. The number of benzene rings is 1. The summed E-state index contributed by atoms with van der Waals surface area (Å²) >= 11 is 0. The molecular formula is C29H38N10O5. The van der Waals surface area contributed by atoms with Crippen LogP contribution in [0.4, 0.5) is 0 Å². The highest BCUT2D eigenvalue weighted by atomic mass is 16.4. The number of aliphatic carboxylic acids is 1. The van der Waals surface area contributed by atoms with Crippen LogP contribution in [0.5, 0.6) is 0 Å². The number of imidazole rings is 2. The number of amides is 3. The van der Waals surface area contributed by atoms with E-state index in [0.717, 1.165) is 16.5 Å². The number of nitrogens with one attached hydrogen (secondary N) is 6. The molecule has 44 heavy (non-hydrogen) atoms. The van der Waals surface area contributed by atoms with Gasteiger partial charge >= 0.3 is 5.97 Å². The summed E-state index contributed by atoms with van der Waals surface area (Å²) in [7, 11) is 0. The maximum absolute atomic E-state index is 13.7. The van der Waals surface area contributed by atoms with Crippen LogP contribution in [-0.4, -0.2) is 84.4 Å². The lowest BCUT2D eigenvalue weighted by Crippen LogP contribution is -2.58. The Morgan fingerprint density at radius 2 is 1.41 bits per heavy atom. The van der Waals surface area contributed by atoms with Gasteiger partial charge in [-0.25, -0.2) is 14.8 Å². The molecule has 0 saturated heterocycles. The number of carboxylic acids is 1. The molecule has 0 aliphatic carbocycles. The highest BCUT2D eigenvalue weighted by Gasteiger charge is 2.31. The number of unbranched alkanes of at least 4 members (excludes halogenated alkanes) is 1. The summed E-state index contributed by atoms with van der Waals surface area (Å²) < 4.78 is 0. The van der Waals surface area contributed by atoms with Gasteiger partial charge in [0.25, 0.3) is 0 Å². The van der Waals surface area contributed by atoms with Gasteiger partial charge in [-0.2, -0.15) is 0 Å². The van der Waals surface area contributed by atoms with Crippen molar-refractivity contribution in [2.45, 2.75) is 62.7 Å². The third-order valence-corrected chi connectivity index (χ3v) is 7.24. The minimum absolute atomic E-state index is 0.0343. The number of aromatic amines is 3. The Kier molecular flexibility index (Phi) is 11.2. The molecule has 15 heteroatoms. The number of hydrogen-bond acceptors (Lipinski definition) is 8. The second-order valence-electron chi connectivity index (χ2n) is 10.5. The first-order chi connectivity index (χ1) is 21.2. The quantitative estimate of drug-likeness (QED) is 0.0711. The summed E-state index contributed by atoms with van der Waals surface area (Å²) in [4.78, 5) is 69.2. The van der Waals surface area contributed by atoms with Crippen molar-refractivity contribution >= 4 is 34.6 Å². The standard InChI is InChI=1S/C29H38N10O5/c30-8-4-3-7-23(29(43)44)37-27(41)24(9-17-12-34-22-6-2-1-5-20(17)22)39-28(42)25(11-19-14-33-16-36-19)38-26(40)21(31)10-18-13-32-15-35-18/h1-2,5-6,12-16,21,23-25,34H,3-4,7-11,30-31H2,(H,32,35)(H,33,36)(H,37,41)(H,38,40)(H,39,42)(H,43,44). The first-order valence-electron chi connectivity index (χ1n) is 14.3. The van der Waals surface area contributed by atoms with Crippen LogP contribution >= 0.6 is 0 Å². The number of H-pyrrole nitrogens is 3. The number of carboxylic acid groups (broad SMARTS) is 1. The number of carbonyl (C=O) groups is 4. The van der Waals surface area contributed by atoms with Crippen molar-refractivity contribution in [1.82, 2.24) is 40.9 Å². The van der Waals surface area contributed by atoms with E-state index < -0.39 is 47.9 Å². The second kappa shape index (κ2) is 15.5. The molecule has 4 rings (SSSR count). The summed E-state index contributed by atoms with van der Waals surface area (Å²) in [6, 6.07) is 3.03. The zero-order valence-corrected chi connectivity index (χ0v) is 24.1. The fraction of sp³-hybridized carbons (Fsp3) is 0.379. The molecule has 11 N–H and O–H groups in total. The molecule has 15 nitrogen and oxygen atoms in total. The first kappa shape index (κ1) is 31.9. The van der Waals surface area contributed by atoms with Gasteiger partial charge < -0.3 is 47.5 Å². The molecular weight excluding hydrogens is 568 g/mol. The monoisotopic (exact) mass is 606 g/mol. The molecule has 4 unspecified atom stereocenters. The maximum Gasteiger partial charge on any atom is 0.326 e. The fourth-order valence-electron chi connectivity index (χ4n) is 4.85. The van der Waals surface area contributed by atoms with E-state index >= 15 is 0 Å². The molecule has 234 valence electrons. The molecule has 0 spiro atoms. The molecule has 4 aromatic rings. The minimum Gasteiger partial charge on any atom is -0.480 e. The number of hydrogen-bond donors (Lipinski definition) is 9. The minimum atomic E-state index is -1.19. The van der Waals surface area contributed by atoms with Crippen molar-refractivity contribution in [1.29, 1.82) is 0 Å². The Balaban J connectivity index is 1.55. The van der Waals surface area contributed by atoms with Crippen LogP contribution in [0.2, 0.25) is 0 Å². The molecule has 0 aliphatic heterocycles. The summed E-state index contributed by atoms with van der Waals surface area (Å²) in [5, 5.41) is 18.6. The van der Waals surface area contributed by atoms with Gasteiger partial charge in [0, 0.05) is 60.1 Å². The number of carbonyl (C=O) groups excluding carboxylic acids is 3. The Morgan fingerprint density at radius 3 is 2.05 bits per heavy atom. The second-order valence-corrected chi connectivity index (χ2v) is 10.5. The van der Waals surface area contributed by atoms with Crippen molar-refractivity contribution in [2.75, 3.05) is 6.54 Å². The average molecular weight is 607 g/mol. The fourth-order valence-corrected chi connectivity index (χ4v) is 4.85. The van der Waals surface area contributed by atoms with Crippen molar-refractivity contribution in [3.63, 3.8) is 0 Å². The molecule has 3 heterocycles. The largest absolute Gasteiger partial charge is 0.480 e. The van der Waals surface area contributed by atoms with Crippen LogP contribution in [0.15, 0.2) is 55.5 Å². The highest BCUT2D eigenvalue weighted by molar-refractivity contribution is 5.95. The molecule has 0 saturated carbocycles. The van der Waals surface area contributed by atoms with E-state index in [9.17, 15) is 24.3 Å². The first-order valence-corrected chi connectivity index (χ1v) is 14.3. The van der Waals surface area contributed by atoms with Gasteiger partial charge in [-0.05, 0) is 37.4 Å². The third kappa shape index (κ3) is 8.75. The Bertz CT molecular complexity index is 1520. The molecule has 0 aliphatic rings. The van der Waals surface area contributed by atoms with Crippen LogP contribution in [0, 0.1) is 0 Å². The molecule has 3 amide bonds. The average Bonchev–Trinajstić information content (AvgIpc) is 3.79. The van der Waals surface area contributed by atoms with E-state index in [1.165, 1.54) is 18.9 Å². The summed E-state index contributed by atoms with van der Waals surface area (Å²) in [5.74, 6) is -3.10. The summed E-state index contributed by atoms with van der Waals surface area (Å²) in [5.41, 5.74) is 14.5. The predicted octanol–water partition coefficient (Wildman–Crippen LogP) is -0.363. The Labute approximate surface area is 253 Å². The lowest BCUT2D eigenvalue weighted by Gasteiger charge is -2.25. The number of rotatable bonds is 17. The van der Waals surface area contributed by atoms with Crippen LogP contribution < -0.4 is 27.4 Å². The number of fused-ring (bicyclic) bond motifs is 1. The summed E-state index contributed by atoms with van der Waals surface area (Å²) in [6.07, 6.45) is 9.27. The SMILES string of the molecule is NCCCCC(NC(=O)C(Cc1c[nH]c2ccccc12)NC(=O)C(Cc1cnc[nH]1)NC(=O)C(N)Cc1cnc[nH]1)C(=O)O. The predicted molar refractivity (Wildman–Crippen MR) is 161 cm³/mol. The van der Waals surface area contributed by atoms with Crippen LogP contribution in [-0.2, 0) is 38.4 Å². The van der Waals surface area contributed by atoms with E-state index in [1.54, 1.807) is 12.4 Å². The highest BCUT2D eigenvalue weighted by Crippen LogP contribution is 2.19. The zero-order chi connectivity index (χ0) is 31.5. The van der Waals surface area contributed by atoms with Crippen LogP contribution in [0.1, 0.15) is 36.2 Å². The van der Waals surface area contributed by atoms with E-state index in [4.69, 9.17) is 11.5 Å². The van der Waals surface area contributed by atoms with E-state index in [2.05, 4.69) is 40.9 Å². The number of aromatic nitrogens is 5. The maximum atomic E-state index is 13.7. The van der Waals surface area contributed by atoms with Crippen LogP contribution in [0.25, 0.3) is 10.9 Å². The molecule has 1 aromatic carbocycles. The Morgan fingerprint density at radius 1 is 0.795 bits per heavy atom. The van der Waals surface area contributed by atoms with E-state index in [1.807, 2.05) is 24.3 Å². The van der Waals surface area contributed by atoms with E-state index in [0.29, 0.717) is 30.8 Å².